The Morgan fingerprint density at radius 2 is 1.81 bits per heavy atom. The second kappa shape index (κ2) is 8.43. The number of amides is 1. The van der Waals surface area contributed by atoms with Gasteiger partial charge in [-0.25, -0.2) is 22.2 Å². The van der Waals surface area contributed by atoms with Gasteiger partial charge in [-0.05, 0) is 49.0 Å². The first-order chi connectivity index (χ1) is 14.5. The van der Waals surface area contributed by atoms with Crippen molar-refractivity contribution in [2.24, 2.45) is 0 Å². The number of aromatic nitrogens is 3. The fourth-order valence-corrected chi connectivity index (χ4v) is 3.46. The van der Waals surface area contributed by atoms with Crippen molar-refractivity contribution >= 4 is 15.9 Å². The Labute approximate surface area is 173 Å². The number of halogens is 4. The molecule has 1 amide bonds. The SMILES string of the molecule is CNS(=O)(=O)c1cccc(CNC(=O)c2nnn(-c3ccc(F)cc3)c2C(F)(F)F)c1. The normalized spacial score (nSPS) is 12.0. The molecule has 0 spiro atoms. The topological polar surface area (TPSA) is 106 Å². The summed E-state index contributed by atoms with van der Waals surface area (Å²) in [6.45, 7) is -0.257. The van der Waals surface area contributed by atoms with Gasteiger partial charge in [-0.3, -0.25) is 4.79 Å². The second-order valence-electron chi connectivity index (χ2n) is 6.21. The molecule has 0 saturated heterocycles. The Kier molecular flexibility index (Phi) is 6.08. The minimum Gasteiger partial charge on any atom is -0.346 e. The molecule has 0 unspecified atom stereocenters. The Hall–Kier alpha value is -3.32. The van der Waals surface area contributed by atoms with Crippen LogP contribution in [0.4, 0.5) is 17.6 Å². The van der Waals surface area contributed by atoms with Crippen LogP contribution in [0.1, 0.15) is 21.7 Å². The van der Waals surface area contributed by atoms with Crippen LogP contribution in [0.3, 0.4) is 0 Å². The molecule has 2 N–H and O–H groups in total. The third-order valence-electron chi connectivity index (χ3n) is 4.16. The molecule has 3 rings (SSSR count). The van der Waals surface area contributed by atoms with Crippen molar-refractivity contribution in [3.63, 3.8) is 0 Å². The number of nitrogens with zero attached hydrogens (tertiary/aromatic N) is 3. The highest BCUT2D eigenvalue weighted by Crippen LogP contribution is 2.32. The van der Waals surface area contributed by atoms with Crippen LogP contribution in [-0.4, -0.2) is 36.4 Å². The quantitative estimate of drug-likeness (QED) is 0.553. The van der Waals surface area contributed by atoms with Crippen molar-refractivity contribution in [3.8, 4) is 5.69 Å². The monoisotopic (exact) mass is 457 g/mol. The maximum atomic E-state index is 13.6. The van der Waals surface area contributed by atoms with Gasteiger partial charge in [0.1, 0.15) is 5.82 Å². The van der Waals surface area contributed by atoms with Crippen molar-refractivity contribution in [2.45, 2.75) is 17.6 Å². The number of alkyl halides is 3. The van der Waals surface area contributed by atoms with Crippen LogP contribution in [0, 0.1) is 5.82 Å². The first kappa shape index (κ1) is 22.4. The molecule has 31 heavy (non-hydrogen) atoms. The molecule has 0 aliphatic rings. The molecule has 0 bridgehead atoms. The standard InChI is InChI=1S/C18H15F4N5O3S/c1-23-31(29,30)14-4-2-3-11(9-14)10-24-17(28)15-16(18(20,21)22)27(26-25-15)13-7-5-12(19)6-8-13/h2-9,23H,10H2,1H3,(H,24,28). The Morgan fingerprint density at radius 1 is 1.13 bits per heavy atom. The lowest BCUT2D eigenvalue weighted by Gasteiger charge is -2.11. The fourth-order valence-electron chi connectivity index (χ4n) is 2.66. The predicted molar refractivity (Wildman–Crippen MR) is 100 cm³/mol. The Morgan fingerprint density at radius 3 is 2.42 bits per heavy atom. The van der Waals surface area contributed by atoms with Gasteiger partial charge in [0.05, 0.1) is 10.6 Å². The summed E-state index contributed by atoms with van der Waals surface area (Å²) < 4.78 is 80.2. The first-order valence-corrected chi connectivity index (χ1v) is 10.1. The van der Waals surface area contributed by atoms with Crippen LogP contribution >= 0.6 is 0 Å². The maximum Gasteiger partial charge on any atom is 0.435 e. The van der Waals surface area contributed by atoms with Crippen LogP contribution in [0.25, 0.3) is 5.69 Å². The van der Waals surface area contributed by atoms with Crippen LogP contribution in [-0.2, 0) is 22.7 Å². The molecule has 1 heterocycles. The summed E-state index contributed by atoms with van der Waals surface area (Å²) in [6, 6.07) is 9.54. The van der Waals surface area contributed by atoms with E-state index in [9.17, 15) is 30.8 Å². The van der Waals surface area contributed by atoms with Gasteiger partial charge in [-0.2, -0.15) is 13.2 Å². The number of benzene rings is 2. The van der Waals surface area contributed by atoms with E-state index >= 15 is 0 Å². The van der Waals surface area contributed by atoms with E-state index in [-0.39, 0.29) is 17.1 Å². The smallest absolute Gasteiger partial charge is 0.346 e. The molecule has 164 valence electrons. The lowest BCUT2D eigenvalue weighted by Crippen LogP contribution is -2.27. The summed E-state index contributed by atoms with van der Waals surface area (Å²) in [5.41, 5.74) is -2.20. The number of nitrogens with one attached hydrogen (secondary N) is 2. The number of sulfonamides is 1. The van der Waals surface area contributed by atoms with Crippen LogP contribution in [0.2, 0.25) is 0 Å². The van der Waals surface area contributed by atoms with Crippen molar-refractivity contribution in [3.05, 3.63) is 71.3 Å². The van der Waals surface area contributed by atoms with Crippen LogP contribution in [0.5, 0.6) is 0 Å². The lowest BCUT2D eigenvalue weighted by molar-refractivity contribution is -0.143. The van der Waals surface area contributed by atoms with Gasteiger partial charge in [-0.1, -0.05) is 17.3 Å². The van der Waals surface area contributed by atoms with Crippen molar-refractivity contribution in [1.82, 2.24) is 25.0 Å². The summed E-state index contributed by atoms with van der Waals surface area (Å²) >= 11 is 0. The van der Waals surface area contributed by atoms with Crippen molar-refractivity contribution in [1.29, 1.82) is 0 Å². The van der Waals surface area contributed by atoms with E-state index in [1.54, 1.807) is 0 Å². The molecular formula is C18H15F4N5O3S. The largest absolute Gasteiger partial charge is 0.435 e. The van der Waals surface area contributed by atoms with Crippen molar-refractivity contribution < 1.29 is 30.8 Å². The number of carbonyl (C=O) groups is 1. The van der Waals surface area contributed by atoms with Gasteiger partial charge in [0, 0.05) is 6.54 Å². The number of hydrogen-bond acceptors (Lipinski definition) is 5. The molecule has 0 atom stereocenters. The summed E-state index contributed by atoms with van der Waals surface area (Å²) in [6.07, 6.45) is -4.98. The minimum atomic E-state index is -4.98. The van der Waals surface area contributed by atoms with Crippen molar-refractivity contribution in [2.75, 3.05) is 7.05 Å². The number of rotatable bonds is 6. The first-order valence-electron chi connectivity index (χ1n) is 8.62. The lowest BCUT2D eigenvalue weighted by atomic mass is 10.2. The third kappa shape index (κ3) is 4.88. The summed E-state index contributed by atoms with van der Waals surface area (Å²) in [5, 5.41) is 9.01. The molecule has 13 heteroatoms. The highest BCUT2D eigenvalue weighted by Gasteiger charge is 2.42. The zero-order valence-electron chi connectivity index (χ0n) is 15.8. The van der Waals surface area contributed by atoms with E-state index in [2.05, 4.69) is 20.4 Å². The average molecular weight is 457 g/mol. The van der Waals surface area contributed by atoms with Crippen LogP contribution in [0.15, 0.2) is 53.4 Å². The van der Waals surface area contributed by atoms with Gasteiger partial charge >= 0.3 is 6.18 Å². The summed E-state index contributed by atoms with van der Waals surface area (Å²) in [4.78, 5) is 12.3. The van der Waals surface area contributed by atoms with E-state index in [4.69, 9.17) is 0 Å². The second-order valence-corrected chi connectivity index (χ2v) is 8.10. The molecule has 0 saturated carbocycles. The molecule has 0 fully saturated rings. The summed E-state index contributed by atoms with van der Waals surface area (Å²) in [5.74, 6) is -1.82. The molecule has 8 nitrogen and oxygen atoms in total. The molecular weight excluding hydrogens is 442 g/mol. The highest BCUT2D eigenvalue weighted by atomic mass is 32.2. The third-order valence-corrected chi connectivity index (χ3v) is 5.57. The summed E-state index contributed by atoms with van der Waals surface area (Å²) in [7, 11) is -2.50. The molecule has 0 aliphatic heterocycles. The molecule has 1 aromatic heterocycles. The van der Waals surface area contributed by atoms with E-state index < -0.39 is 39.3 Å². The highest BCUT2D eigenvalue weighted by molar-refractivity contribution is 7.89. The predicted octanol–water partition coefficient (Wildman–Crippen LogP) is 2.26. The Balaban J connectivity index is 1.87. The fraction of sp³-hybridized carbons (Fsp3) is 0.167. The van der Waals surface area contributed by atoms with E-state index in [0.29, 0.717) is 10.2 Å². The molecule has 2 aromatic carbocycles. The van der Waals surface area contributed by atoms with E-state index in [1.807, 2.05) is 0 Å². The van der Waals surface area contributed by atoms with Gasteiger partial charge < -0.3 is 5.32 Å². The van der Waals surface area contributed by atoms with Gasteiger partial charge in [0.2, 0.25) is 10.0 Å². The molecule has 0 aliphatic carbocycles. The maximum absolute atomic E-state index is 13.6. The van der Waals surface area contributed by atoms with Gasteiger partial charge in [0.15, 0.2) is 11.4 Å². The molecule has 0 radical (unpaired) electrons. The number of hydrogen-bond donors (Lipinski definition) is 2. The van der Waals surface area contributed by atoms with Gasteiger partial charge in [-0.15, -0.1) is 5.10 Å². The van der Waals surface area contributed by atoms with E-state index in [0.717, 1.165) is 24.3 Å². The minimum absolute atomic E-state index is 0.0695. The zero-order chi connectivity index (χ0) is 22.8. The number of carbonyl (C=O) groups excluding carboxylic acids is 1. The molecule has 3 aromatic rings. The Bertz CT molecular complexity index is 1210. The average Bonchev–Trinajstić information content (AvgIpc) is 3.18. The zero-order valence-corrected chi connectivity index (χ0v) is 16.6. The van der Waals surface area contributed by atoms with Gasteiger partial charge in [0.25, 0.3) is 5.91 Å². The van der Waals surface area contributed by atoms with E-state index in [1.165, 1.54) is 31.3 Å². The van der Waals surface area contributed by atoms with Crippen LogP contribution < -0.4 is 10.0 Å².